The van der Waals surface area contributed by atoms with Gasteiger partial charge in [-0.15, -0.1) is 0 Å². The fourth-order valence-corrected chi connectivity index (χ4v) is 2.37. The van der Waals surface area contributed by atoms with Gasteiger partial charge < -0.3 is 0 Å². The highest BCUT2D eigenvalue weighted by Gasteiger charge is 2.26. The van der Waals surface area contributed by atoms with E-state index >= 15 is 0 Å². The molecule has 0 radical (unpaired) electrons. The molecule has 3 heteroatoms. The number of rotatable bonds is 8. The Hall–Kier alpha value is -1.12. The lowest BCUT2D eigenvalue weighted by Gasteiger charge is -2.29. The summed E-state index contributed by atoms with van der Waals surface area (Å²) in [6, 6.07) is 0. The van der Waals surface area contributed by atoms with Gasteiger partial charge in [-0.25, -0.2) is 4.98 Å². The van der Waals surface area contributed by atoms with Crippen molar-refractivity contribution in [3.05, 3.63) is 18.7 Å². The van der Waals surface area contributed by atoms with E-state index in [4.69, 9.17) is 0 Å². The van der Waals surface area contributed by atoms with Gasteiger partial charge in [0, 0.05) is 18.8 Å². The molecule has 0 unspecified atom stereocenters. The van der Waals surface area contributed by atoms with E-state index in [9.17, 15) is 4.79 Å². The van der Waals surface area contributed by atoms with E-state index in [-0.39, 0.29) is 11.3 Å². The Morgan fingerprint density at radius 2 is 1.83 bits per heavy atom. The van der Waals surface area contributed by atoms with E-state index in [0.29, 0.717) is 6.42 Å². The number of imidazole rings is 1. The lowest BCUT2D eigenvalue weighted by atomic mass is 9.77. The summed E-state index contributed by atoms with van der Waals surface area (Å²) in [5.41, 5.74) is 0.146. The van der Waals surface area contributed by atoms with Gasteiger partial charge in [0.05, 0.1) is 0 Å². The van der Waals surface area contributed by atoms with Gasteiger partial charge in [-0.2, -0.15) is 0 Å². The monoisotopic (exact) mass is 250 g/mol. The van der Waals surface area contributed by atoms with E-state index < -0.39 is 0 Å². The molecule has 102 valence electrons. The molecule has 0 saturated heterocycles. The van der Waals surface area contributed by atoms with Crippen molar-refractivity contribution in [2.45, 2.75) is 65.7 Å². The Kier molecular flexibility index (Phi) is 6.10. The van der Waals surface area contributed by atoms with Crippen LogP contribution in [0.15, 0.2) is 18.7 Å². The van der Waals surface area contributed by atoms with Crippen molar-refractivity contribution in [1.29, 1.82) is 0 Å². The fourth-order valence-electron chi connectivity index (χ4n) is 2.37. The smallest absolute Gasteiger partial charge is 0.232 e. The molecule has 18 heavy (non-hydrogen) atoms. The molecule has 0 fully saturated rings. The van der Waals surface area contributed by atoms with Crippen LogP contribution in [0.1, 0.15) is 70.5 Å². The summed E-state index contributed by atoms with van der Waals surface area (Å²) in [7, 11) is 0. The number of hydrogen-bond acceptors (Lipinski definition) is 2. The minimum atomic E-state index is 0.146. The Morgan fingerprint density at radius 1 is 1.22 bits per heavy atom. The summed E-state index contributed by atoms with van der Waals surface area (Å²) in [4.78, 5) is 16.1. The minimum absolute atomic E-state index is 0.146. The molecule has 1 aromatic rings. The van der Waals surface area contributed by atoms with Crippen LogP contribution in [0.3, 0.4) is 0 Å². The molecule has 0 amide bonds. The molecule has 1 rings (SSSR count). The van der Waals surface area contributed by atoms with E-state index in [2.05, 4.69) is 25.8 Å². The highest BCUT2D eigenvalue weighted by Crippen LogP contribution is 2.34. The van der Waals surface area contributed by atoms with E-state index in [1.165, 1.54) is 25.7 Å². The first kappa shape index (κ1) is 14.9. The van der Waals surface area contributed by atoms with Crippen molar-refractivity contribution in [2.24, 2.45) is 5.41 Å². The summed E-state index contributed by atoms with van der Waals surface area (Å²) in [6.07, 6.45) is 12.7. The SMILES string of the molecule is CCCCC(C)(CCCC)CC(=O)n1ccnc1. The summed E-state index contributed by atoms with van der Waals surface area (Å²) >= 11 is 0. The van der Waals surface area contributed by atoms with Crippen LogP contribution in [0, 0.1) is 5.41 Å². The maximum atomic E-state index is 12.2. The van der Waals surface area contributed by atoms with Crippen LogP contribution in [-0.2, 0) is 0 Å². The fraction of sp³-hybridized carbons (Fsp3) is 0.733. The normalized spacial score (nSPS) is 11.7. The first-order valence-corrected chi connectivity index (χ1v) is 7.12. The summed E-state index contributed by atoms with van der Waals surface area (Å²) < 4.78 is 1.61. The van der Waals surface area contributed by atoms with Crippen LogP contribution in [0.25, 0.3) is 0 Å². The van der Waals surface area contributed by atoms with Gasteiger partial charge in [0.15, 0.2) is 0 Å². The molecule has 0 atom stereocenters. The minimum Gasteiger partial charge on any atom is -0.276 e. The molecular weight excluding hydrogens is 224 g/mol. The number of hydrogen-bond donors (Lipinski definition) is 0. The number of nitrogens with zero attached hydrogens (tertiary/aromatic N) is 2. The molecule has 1 heterocycles. The molecule has 1 aromatic heterocycles. The van der Waals surface area contributed by atoms with Crippen LogP contribution in [0.4, 0.5) is 0 Å². The van der Waals surface area contributed by atoms with Crippen molar-refractivity contribution >= 4 is 5.91 Å². The molecule has 0 aromatic carbocycles. The predicted molar refractivity (Wildman–Crippen MR) is 74.6 cm³/mol. The molecule has 0 spiro atoms. The third-order valence-corrected chi connectivity index (χ3v) is 3.64. The van der Waals surface area contributed by atoms with Crippen molar-refractivity contribution < 1.29 is 4.79 Å². The maximum Gasteiger partial charge on any atom is 0.232 e. The Labute approximate surface area is 111 Å². The zero-order chi connectivity index (χ0) is 13.4. The highest BCUT2D eigenvalue weighted by atomic mass is 16.2. The second-order valence-electron chi connectivity index (χ2n) is 5.56. The van der Waals surface area contributed by atoms with Gasteiger partial charge in [0.25, 0.3) is 0 Å². The van der Waals surface area contributed by atoms with Crippen LogP contribution >= 0.6 is 0 Å². The van der Waals surface area contributed by atoms with Gasteiger partial charge in [-0.1, -0.05) is 46.5 Å². The summed E-state index contributed by atoms with van der Waals surface area (Å²) in [6.45, 7) is 6.67. The average Bonchev–Trinajstić information content (AvgIpc) is 2.88. The Balaban J connectivity index is 2.62. The highest BCUT2D eigenvalue weighted by molar-refractivity contribution is 5.79. The predicted octanol–water partition coefficient (Wildman–Crippen LogP) is 4.30. The van der Waals surface area contributed by atoms with Crippen molar-refractivity contribution in [3.63, 3.8) is 0 Å². The number of carbonyl (C=O) groups is 1. The van der Waals surface area contributed by atoms with Crippen molar-refractivity contribution in [1.82, 2.24) is 9.55 Å². The Morgan fingerprint density at radius 3 is 2.28 bits per heavy atom. The molecular formula is C15H26N2O. The standard InChI is InChI=1S/C15H26N2O/c1-4-6-8-15(3,9-7-5-2)12-14(18)17-11-10-16-13-17/h10-11,13H,4-9,12H2,1-3H3. The summed E-state index contributed by atoms with van der Waals surface area (Å²) in [5, 5.41) is 0. The topological polar surface area (TPSA) is 34.9 Å². The zero-order valence-electron chi connectivity index (χ0n) is 12.0. The molecule has 3 nitrogen and oxygen atoms in total. The molecule has 0 saturated carbocycles. The molecule has 0 aliphatic heterocycles. The lowest BCUT2D eigenvalue weighted by molar-refractivity contribution is 0.0816. The van der Waals surface area contributed by atoms with E-state index in [1.807, 2.05) is 0 Å². The third-order valence-electron chi connectivity index (χ3n) is 3.64. The lowest BCUT2D eigenvalue weighted by Crippen LogP contribution is -2.24. The van der Waals surface area contributed by atoms with Gasteiger partial charge in [0.1, 0.15) is 6.33 Å². The molecule has 0 bridgehead atoms. The maximum absolute atomic E-state index is 12.2. The van der Waals surface area contributed by atoms with Gasteiger partial charge in [-0.05, 0) is 18.3 Å². The first-order chi connectivity index (χ1) is 8.61. The average molecular weight is 250 g/mol. The van der Waals surface area contributed by atoms with Gasteiger partial charge in [-0.3, -0.25) is 9.36 Å². The van der Waals surface area contributed by atoms with Gasteiger partial charge >= 0.3 is 0 Å². The zero-order valence-corrected chi connectivity index (χ0v) is 12.0. The third kappa shape index (κ3) is 4.63. The molecule has 0 aliphatic carbocycles. The molecule has 0 aliphatic rings. The van der Waals surface area contributed by atoms with Crippen LogP contribution in [-0.4, -0.2) is 15.5 Å². The first-order valence-electron chi connectivity index (χ1n) is 7.12. The summed E-state index contributed by atoms with van der Waals surface area (Å²) in [5.74, 6) is 0.169. The quantitative estimate of drug-likeness (QED) is 0.689. The second kappa shape index (κ2) is 7.34. The van der Waals surface area contributed by atoms with E-state index in [1.54, 1.807) is 23.3 Å². The molecule has 0 N–H and O–H groups in total. The van der Waals surface area contributed by atoms with Crippen LogP contribution in [0.5, 0.6) is 0 Å². The Bertz CT molecular complexity index is 335. The second-order valence-corrected chi connectivity index (χ2v) is 5.56. The van der Waals surface area contributed by atoms with Gasteiger partial charge in [0.2, 0.25) is 5.91 Å². The largest absolute Gasteiger partial charge is 0.276 e. The number of aromatic nitrogens is 2. The number of unbranched alkanes of at least 4 members (excludes halogenated alkanes) is 2. The van der Waals surface area contributed by atoms with Crippen LogP contribution in [0.2, 0.25) is 0 Å². The van der Waals surface area contributed by atoms with E-state index in [0.717, 1.165) is 12.8 Å². The van der Waals surface area contributed by atoms with Crippen molar-refractivity contribution in [3.8, 4) is 0 Å². The van der Waals surface area contributed by atoms with Crippen LogP contribution < -0.4 is 0 Å². The van der Waals surface area contributed by atoms with Crippen molar-refractivity contribution in [2.75, 3.05) is 0 Å². The number of carbonyl (C=O) groups excluding carboxylic acids is 1.